The minimum absolute atomic E-state index is 0.0374. The molecule has 7 nitrogen and oxygen atoms in total. The van der Waals surface area contributed by atoms with Gasteiger partial charge in [-0.1, -0.05) is 60.7 Å². The zero-order valence-corrected chi connectivity index (χ0v) is 19.1. The van der Waals surface area contributed by atoms with E-state index in [1.807, 2.05) is 85.6 Å². The molecule has 3 aromatic rings. The Labute approximate surface area is 194 Å². The highest BCUT2D eigenvalue weighted by Crippen LogP contribution is 2.27. The molecule has 33 heavy (non-hydrogen) atoms. The summed E-state index contributed by atoms with van der Waals surface area (Å²) in [5.74, 6) is 0.237. The predicted molar refractivity (Wildman–Crippen MR) is 128 cm³/mol. The Bertz CT molecular complexity index is 1060. The average molecular weight is 446 g/mol. The first-order valence-electron chi connectivity index (χ1n) is 11.5. The number of urea groups is 1. The van der Waals surface area contributed by atoms with Gasteiger partial charge in [0.05, 0.1) is 17.8 Å². The molecule has 2 unspecified atom stereocenters. The molecular weight excluding hydrogens is 414 g/mol. The second-order valence-corrected chi connectivity index (χ2v) is 8.63. The smallest absolute Gasteiger partial charge is 0.327 e. The number of hydrogen-bond acceptors (Lipinski definition) is 3. The highest BCUT2D eigenvalue weighted by atomic mass is 16.2. The quantitative estimate of drug-likeness (QED) is 0.589. The van der Waals surface area contributed by atoms with Crippen molar-refractivity contribution < 1.29 is 9.59 Å². The Morgan fingerprint density at radius 3 is 1.91 bits per heavy atom. The predicted octanol–water partition coefficient (Wildman–Crippen LogP) is 4.85. The van der Waals surface area contributed by atoms with Crippen molar-refractivity contribution in [2.45, 2.75) is 44.7 Å². The number of imidazole rings is 1. The lowest BCUT2D eigenvalue weighted by atomic mass is 9.94. The van der Waals surface area contributed by atoms with Crippen LogP contribution in [-0.2, 0) is 0 Å². The average Bonchev–Trinajstić information content (AvgIpc) is 3.36. The molecule has 1 aliphatic heterocycles. The number of piperidine rings is 1. The van der Waals surface area contributed by atoms with E-state index in [-0.39, 0.29) is 30.1 Å². The van der Waals surface area contributed by atoms with Gasteiger partial charge in [-0.15, -0.1) is 0 Å². The molecule has 0 spiro atoms. The van der Waals surface area contributed by atoms with Crippen LogP contribution >= 0.6 is 0 Å². The fraction of sp³-hybridized carbons (Fsp3) is 0.346. The number of nitrogens with one attached hydrogen (secondary N) is 2. The van der Waals surface area contributed by atoms with Crippen LogP contribution < -0.4 is 10.6 Å². The molecule has 1 aliphatic rings. The number of amides is 3. The molecule has 0 saturated carbocycles. The molecule has 1 fully saturated rings. The largest absolute Gasteiger partial charge is 0.331 e. The first-order valence-corrected chi connectivity index (χ1v) is 11.5. The molecule has 7 heteroatoms. The summed E-state index contributed by atoms with van der Waals surface area (Å²) in [7, 11) is 0. The fourth-order valence-corrected chi connectivity index (χ4v) is 4.22. The molecule has 0 aliphatic carbocycles. The van der Waals surface area contributed by atoms with E-state index in [2.05, 4.69) is 15.6 Å². The fourth-order valence-electron chi connectivity index (χ4n) is 4.22. The molecule has 3 amide bonds. The van der Waals surface area contributed by atoms with Crippen molar-refractivity contribution in [1.82, 2.24) is 25.1 Å². The second-order valence-electron chi connectivity index (χ2n) is 8.63. The van der Waals surface area contributed by atoms with Gasteiger partial charge in [0, 0.05) is 25.2 Å². The number of carbonyl (C=O) groups excluding carboxylic acids is 2. The normalized spacial score (nSPS) is 16.1. The van der Waals surface area contributed by atoms with Gasteiger partial charge in [0.1, 0.15) is 6.33 Å². The third-order valence-corrected chi connectivity index (χ3v) is 6.32. The van der Waals surface area contributed by atoms with Crippen molar-refractivity contribution in [1.29, 1.82) is 0 Å². The Kier molecular flexibility index (Phi) is 7.07. The van der Waals surface area contributed by atoms with Crippen molar-refractivity contribution in [3.05, 3.63) is 90.0 Å². The molecule has 0 radical (unpaired) electrons. The molecule has 2 atom stereocenters. The van der Waals surface area contributed by atoms with E-state index in [0.717, 1.165) is 29.7 Å². The molecule has 0 bridgehead atoms. The van der Waals surface area contributed by atoms with E-state index < -0.39 is 0 Å². The van der Waals surface area contributed by atoms with E-state index >= 15 is 0 Å². The lowest BCUT2D eigenvalue weighted by molar-refractivity contribution is 0.178. The molecule has 2 N–H and O–H groups in total. The number of aromatic nitrogens is 2. The SMILES string of the molecule is CC(NC(=O)N1CCC(c2cn(C(=O)NC(C)c3ccccc3)cn2)CC1)c1ccccc1. The Morgan fingerprint density at radius 1 is 0.848 bits per heavy atom. The number of hydrogen-bond donors (Lipinski definition) is 2. The van der Waals surface area contributed by atoms with Gasteiger partial charge < -0.3 is 15.5 Å². The molecule has 172 valence electrons. The molecule has 1 saturated heterocycles. The van der Waals surface area contributed by atoms with Crippen molar-refractivity contribution in [2.24, 2.45) is 0 Å². The van der Waals surface area contributed by atoms with Crippen LogP contribution in [0.15, 0.2) is 73.2 Å². The summed E-state index contributed by atoms with van der Waals surface area (Å²) in [4.78, 5) is 31.7. The van der Waals surface area contributed by atoms with Crippen molar-refractivity contribution in [2.75, 3.05) is 13.1 Å². The summed E-state index contributed by atoms with van der Waals surface area (Å²) in [5, 5.41) is 6.09. The first-order chi connectivity index (χ1) is 16.0. The Balaban J connectivity index is 1.28. The van der Waals surface area contributed by atoms with Crippen LogP contribution in [0.25, 0.3) is 0 Å². The van der Waals surface area contributed by atoms with Crippen molar-refractivity contribution >= 4 is 12.1 Å². The van der Waals surface area contributed by atoms with E-state index in [9.17, 15) is 9.59 Å². The minimum Gasteiger partial charge on any atom is -0.331 e. The third kappa shape index (κ3) is 5.61. The van der Waals surface area contributed by atoms with Gasteiger partial charge in [-0.3, -0.25) is 4.57 Å². The monoisotopic (exact) mass is 445 g/mol. The van der Waals surface area contributed by atoms with Gasteiger partial charge >= 0.3 is 12.1 Å². The molecular formula is C26H31N5O2. The number of likely N-dealkylation sites (tertiary alicyclic amines) is 1. The maximum absolute atomic E-state index is 12.7. The topological polar surface area (TPSA) is 79.3 Å². The Morgan fingerprint density at radius 2 is 1.36 bits per heavy atom. The van der Waals surface area contributed by atoms with E-state index in [1.165, 1.54) is 4.57 Å². The number of benzene rings is 2. The summed E-state index contributed by atoms with van der Waals surface area (Å²) in [5.41, 5.74) is 3.04. The first kappa shape index (κ1) is 22.6. The zero-order chi connectivity index (χ0) is 23.2. The molecule has 2 heterocycles. The standard InChI is InChI=1S/C26H31N5O2/c1-19(21-9-5-3-6-10-21)28-25(32)30-15-13-23(14-16-30)24-17-31(18-27-24)26(33)29-20(2)22-11-7-4-8-12-22/h3-12,17-20,23H,13-16H2,1-2H3,(H,28,32)(H,29,33). The summed E-state index contributed by atoms with van der Waals surface area (Å²) in [6.07, 6.45) is 5.03. The summed E-state index contributed by atoms with van der Waals surface area (Å²) in [6.45, 7) is 5.30. The van der Waals surface area contributed by atoms with Gasteiger partial charge in [0.25, 0.3) is 0 Å². The maximum Gasteiger partial charge on any atom is 0.327 e. The van der Waals surface area contributed by atoms with Crippen LogP contribution in [0, 0.1) is 0 Å². The lowest BCUT2D eigenvalue weighted by Crippen LogP contribution is -2.44. The number of carbonyl (C=O) groups is 2. The van der Waals surface area contributed by atoms with Gasteiger partial charge in [0.15, 0.2) is 0 Å². The minimum atomic E-state index is -0.197. The highest BCUT2D eigenvalue weighted by Gasteiger charge is 2.26. The van der Waals surface area contributed by atoms with Gasteiger partial charge in [-0.25, -0.2) is 14.6 Å². The van der Waals surface area contributed by atoms with Crippen LogP contribution in [0.1, 0.15) is 61.5 Å². The second kappa shape index (κ2) is 10.3. The van der Waals surface area contributed by atoms with Crippen LogP contribution in [0.3, 0.4) is 0 Å². The van der Waals surface area contributed by atoms with E-state index in [0.29, 0.717) is 13.1 Å². The summed E-state index contributed by atoms with van der Waals surface area (Å²) >= 11 is 0. The molecule has 4 rings (SSSR count). The van der Waals surface area contributed by atoms with Gasteiger partial charge in [-0.2, -0.15) is 0 Å². The van der Waals surface area contributed by atoms with E-state index in [1.54, 1.807) is 6.33 Å². The number of nitrogens with zero attached hydrogens (tertiary/aromatic N) is 3. The van der Waals surface area contributed by atoms with Gasteiger partial charge in [-0.05, 0) is 37.8 Å². The summed E-state index contributed by atoms with van der Waals surface area (Å²) in [6, 6.07) is 19.5. The van der Waals surface area contributed by atoms with Crippen LogP contribution in [-0.4, -0.2) is 39.6 Å². The maximum atomic E-state index is 12.7. The van der Waals surface area contributed by atoms with Crippen molar-refractivity contribution in [3.8, 4) is 0 Å². The number of rotatable bonds is 5. The lowest BCUT2D eigenvalue weighted by Gasteiger charge is -2.32. The van der Waals surface area contributed by atoms with Crippen molar-refractivity contribution in [3.63, 3.8) is 0 Å². The van der Waals surface area contributed by atoms with E-state index in [4.69, 9.17) is 0 Å². The summed E-state index contributed by atoms with van der Waals surface area (Å²) < 4.78 is 1.51. The van der Waals surface area contributed by atoms with Crippen LogP contribution in [0.5, 0.6) is 0 Å². The van der Waals surface area contributed by atoms with Gasteiger partial charge in [0.2, 0.25) is 0 Å². The Hall–Kier alpha value is -3.61. The zero-order valence-electron chi connectivity index (χ0n) is 19.1. The van der Waals surface area contributed by atoms with Crippen LogP contribution in [0.4, 0.5) is 9.59 Å². The molecule has 1 aromatic heterocycles. The van der Waals surface area contributed by atoms with Crippen LogP contribution in [0.2, 0.25) is 0 Å². The highest BCUT2D eigenvalue weighted by molar-refractivity contribution is 5.77. The third-order valence-electron chi connectivity index (χ3n) is 6.32. The molecule has 2 aromatic carbocycles.